The zero-order valence-corrected chi connectivity index (χ0v) is 13.6. The van der Waals surface area contributed by atoms with Gasteiger partial charge in [-0.05, 0) is 42.3 Å². The predicted octanol–water partition coefficient (Wildman–Crippen LogP) is 4.73. The average molecular weight is 335 g/mol. The van der Waals surface area contributed by atoms with Gasteiger partial charge in [-0.25, -0.2) is 13.8 Å². The Hall–Kier alpha value is -3.08. The largest absolute Gasteiger partial charge is 0.319 e. The first-order valence-electron chi connectivity index (χ1n) is 7.94. The standard InChI is InChI=1S/C20H15F2N3/c1-13-5-2-9-17-19(13)24-20(18-15(21)7-3-8-16(18)22)25(17)12-14-6-4-10-23-11-14/h2-11H,12H2,1H3. The van der Waals surface area contributed by atoms with Crippen LogP contribution in [0.1, 0.15) is 11.1 Å². The number of halogens is 2. The van der Waals surface area contributed by atoms with Gasteiger partial charge in [0, 0.05) is 12.4 Å². The van der Waals surface area contributed by atoms with Gasteiger partial charge >= 0.3 is 0 Å². The summed E-state index contributed by atoms with van der Waals surface area (Å²) >= 11 is 0. The SMILES string of the molecule is Cc1cccc2c1nc(-c1c(F)cccc1F)n2Cc1cccnc1. The maximum Gasteiger partial charge on any atom is 0.147 e. The highest BCUT2D eigenvalue weighted by atomic mass is 19.1. The Balaban J connectivity index is 2.00. The molecule has 2 aromatic carbocycles. The Morgan fingerprint density at radius 2 is 1.72 bits per heavy atom. The second kappa shape index (κ2) is 6.09. The molecule has 2 aromatic heterocycles. The first-order valence-corrected chi connectivity index (χ1v) is 7.94. The van der Waals surface area contributed by atoms with Crippen LogP contribution in [0.15, 0.2) is 60.9 Å². The Labute approximate surface area is 143 Å². The first-order chi connectivity index (χ1) is 12.1. The summed E-state index contributed by atoms with van der Waals surface area (Å²) < 4.78 is 30.6. The fourth-order valence-electron chi connectivity index (χ4n) is 3.02. The lowest BCUT2D eigenvalue weighted by Gasteiger charge is -2.10. The molecule has 0 unspecified atom stereocenters. The number of pyridine rings is 1. The summed E-state index contributed by atoms with van der Waals surface area (Å²) in [7, 11) is 0. The summed E-state index contributed by atoms with van der Waals surface area (Å²) in [6, 6.07) is 13.4. The lowest BCUT2D eigenvalue weighted by Crippen LogP contribution is -2.04. The molecule has 0 aliphatic heterocycles. The van der Waals surface area contributed by atoms with Crippen LogP contribution in [0.25, 0.3) is 22.4 Å². The van der Waals surface area contributed by atoms with Crippen LogP contribution in [0, 0.1) is 18.6 Å². The van der Waals surface area contributed by atoms with Crippen molar-refractivity contribution in [2.45, 2.75) is 13.5 Å². The van der Waals surface area contributed by atoms with E-state index in [2.05, 4.69) is 9.97 Å². The molecule has 3 nitrogen and oxygen atoms in total. The molecule has 0 atom stereocenters. The lowest BCUT2D eigenvalue weighted by molar-refractivity contribution is 0.585. The molecule has 124 valence electrons. The van der Waals surface area contributed by atoms with E-state index in [0.29, 0.717) is 6.54 Å². The van der Waals surface area contributed by atoms with Gasteiger partial charge in [-0.1, -0.05) is 24.3 Å². The first kappa shape index (κ1) is 15.4. The lowest BCUT2D eigenvalue weighted by atomic mass is 10.1. The third-order valence-corrected chi connectivity index (χ3v) is 4.23. The van der Waals surface area contributed by atoms with E-state index < -0.39 is 11.6 Å². The summed E-state index contributed by atoms with van der Waals surface area (Å²) in [5, 5.41) is 0. The van der Waals surface area contributed by atoms with Gasteiger partial charge in [0.1, 0.15) is 17.5 Å². The third-order valence-electron chi connectivity index (χ3n) is 4.23. The number of fused-ring (bicyclic) bond motifs is 1. The molecule has 0 fully saturated rings. The van der Waals surface area contributed by atoms with E-state index in [1.54, 1.807) is 12.4 Å². The van der Waals surface area contributed by atoms with Gasteiger partial charge in [-0.15, -0.1) is 0 Å². The van der Waals surface area contributed by atoms with Gasteiger partial charge in [0.2, 0.25) is 0 Å². The molecule has 0 radical (unpaired) electrons. The second-order valence-electron chi connectivity index (χ2n) is 5.92. The summed E-state index contributed by atoms with van der Waals surface area (Å²) in [4.78, 5) is 8.68. The van der Waals surface area contributed by atoms with Crippen LogP contribution in [0.4, 0.5) is 8.78 Å². The number of nitrogens with zero attached hydrogens (tertiary/aromatic N) is 3. The molecule has 0 saturated heterocycles. The Morgan fingerprint density at radius 1 is 0.960 bits per heavy atom. The van der Waals surface area contributed by atoms with Crippen molar-refractivity contribution in [3.8, 4) is 11.4 Å². The molecule has 5 heteroatoms. The molecule has 0 bridgehead atoms. The number of hydrogen-bond acceptors (Lipinski definition) is 2. The van der Waals surface area contributed by atoms with Crippen LogP contribution < -0.4 is 0 Å². The third kappa shape index (κ3) is 2.67. The van der Waals surface area contributed by atoms with Crippen LogP contribution in [0.5, 0.6) is 0 Å². The zero-order chi connectivity index (χ0) is 17.4. The van der Waals surface area contributed by atoms with Crippen LogP contribution in [0.2, 0.25) is 0 Å². The molecule has 0 N–H and O–H groups in total. The van der Waals surface area contributed by atoms with Crippen molar-refractivity contribution in [1.82, 2.24) is 14.5 Å². The second-order valence-corrected chi connectivity index (χ2v) is 5.92. The molecule has 4 rings (SSSR count). The van der Waals surface area contributed by atoms with E-state index in [9.17, 15) is 8.78 Å². The minimum absolute atomic E-state index is 0.109. The Kier molecular flexibility index (Phi) is 3.76. The van der Waals surface area contributed by atoms with Gasteiger partial charge in [0.05, 0.1) is 23.1 Å². The Morgan fingerprint density at radius 3 is 2.44 bits per heavy atom. The highest BCUT2D eigenvalue weighted by Gasteiger charge is 2.20. The molecule has 0 spiro atoms. The van der Waals surface area contributed by atoms with E-state index in [1.807, 2.05) is 41.8 Å². The monoisotopic (exact) mass is 335 g/mol. The molecular weight excluding hydrogens is 320 g/mol. The van der Waals surface area contributed by atoms with Crippen molar-refractivity contribution in [3.63, 3.8) is 0 Å². The van der Waals surface area contributed by atoms with Gasteiger partial charge in [0.25, 0.3) is 0 Å². The van der Waals surface area contributed by atoms with Crippen molar-refractivity contribution < 1.29 is 8.78 Å². The van der Waals surface area contributed by atoms with Crippen LogP contribution >= 0.6 is 0 Å². The quantitative estimate of drug-likeness (QED) is 0.542. The van der Waals surface area contributed by atoms with Crippen LogP contribution in [-0.4, -0.2) is 14.5 Å². The summed E-state index contributed by atoms with van der Waals surface area (Å²) in [6.07, 6.45) is 3.43. The summed E-state index contributed by atoms with van der Waals surface area (Å²) in [5.74, 6) is -0.968. The molecule has 0 amide bonds. The van der Waals surface area contributed by atoms with Crippen molar-refractivity contribution in [1.29, 1.82) is 0 Å². The average Bonchev–Trinajstić information content (AvgIpc) is 2.96. The molecule has 0 saturated carbocycles. The predicted molar refractivity (Wildman–Crippen MR) is 93.2 cm³/mol. The van der Waals surface area contributed by atoms with Crippen molar-refractivity contribution in [2.75, 3.05) is 0 Å². The number of rotatable bonds is 3. The van der Waals surface area contributed by atoms with Crippen LogP contribution in [0.3, 0.4) is 0 Å². The van der Waals surface area contributed by atoms with Gasteiger partial charge < -0.3 is 4.57 Å². The van der Waals surface area contributed by atoms with Gasteiger partial charge in [0.15, 0.2) is 0 Å². The minimum atomic E-state index is -0.625. The minimum Gasteiger partial charge on any atom is -0.319 e. The highest BCUT2D eigenvalue weighted by molar-refractivity contribution is 5.83. The van der Waals surface area contributed by atoms with E-state index in [-0.39, 0.29) is 11.4 Å². The fourth-order valence-corrected chi connectivity index (χ4v) is 3.02. The molecule has 4 aromatic rings. The number of hydrogen-bond donors (Lipinski definition) is 0. The fraction of sp³-hybridized carbons (Fsp3) is 0.100. The maximum atomic E-state index is 14.4. The van der Waals surface area contributed by atoms with Crippen molar-refractivity contribution >= 4 is 11.0 Å². The zero-order valence-electron chi connectivity index (χ0n) is 13.6. The maximum absolute atomic E-state index is 14.4. The summed E-state index contributed by atoms with van der Waals surface area (Å²) in [6.45, 7) is 2.36. The normalized spacial score (nSPS) is 11.2. The molecule has 2 heterocycles. The highest BCUT2D eigenvalue weighted by Crippen LogP contribution is 2.30. The number of benzene rings is 2. The summed E-state index contributed by atoms with van der Waals surface area (Å²) in [5.41, 5.74) is 3.36. The van der Waals surface area contributed by atoms with Crippen molar-refractivity contribution in [2.24, 2.45) is 0 Å². The van der Waals surface area contributed by atoms with E-state index in [4.69, 9.17) is 0 Å². The van der Waals surface area contributed by atoms with Crippen molar-refractivity contribution in [3.05, 3.63) is 83.7 Å². The topological polar surface area (TPSA) is 30.7 Å². The van der Waals surface area contributed by atoms with Gasteiger partial charge in [-0.3, -0.25) is 4.98 Å². The molecule has 0 aliphatic rings. The molecular formula is C20H15F2N3. The smallest absolute Gasteiger partial charge is 0.147 e. The number of aromatic nitrogens is 3. The van der Waals surface area contributed by atoms with E-state index >= 15 is 0 Å². The van der Waals surface area contributed by atoms with E-state index in [1.165, 1.54) is 18.2 Å². The number of para-hydroxylation sites is 1. The van der Waals surface area contributed by atoms with E-state index in [0.717, 1.165) is 22.2 Å². The Bertz CT molecular complexity index is 1040. The number of aryl methyl sites for hydroxylation is 1. The number of imidazole rings is 1. The van der Waals surface area contributed by atoms with Gasteiger partial charge in [-0.2, -0.15) is 0 Å². The molecule has 0 aliphatic carbocycles. The molecule has 25 heavy (non-hydrogen) atoms. The van der Waals surface area contributed by atoms with Crippen LogP contribution in [-0.2, 0) is 6.54 Å².